The molecule has 0 saturated heterocycles. The molecule has 35 heavy (non-hydrogen) atoms. The van der Waals surface area contributed by atoms with Crippen LogP contribution < -0.4 is 14.2 Å². The van der Waals surface area contributed by atoms with Crippen LogP contribution >= 0.6 is 0 Å². The molecule has 1 unspecified atom stereocenters. The number of nitrogens with one attached hydrogen (secondary N) is 1. The van der Waals surface area contributed by atoms with Gasteiger partial charge in [0.05, 0.1) is 30.2 Å². The summed E-state index contributed by atoms with van der Waals surface area (Å²) >= 11 is 0. The Balaban J connectivity index is 1.69. The summed E-state index contributed by atoms with van der Waals surface area (Å²) < 4.78 is 69.0. The Morgan fingerprint density at radius 2 is 1.57 bits per heavy atom. The fourth-order valence-corrected chi connectivity index (χ4v) is 4.11. The van der Waals surface area contributed by atoms with E-state index in [9.17, 15) is 26.8 Å². The second kappa shape index (κ2) is 10.5. The highest BCUT2D eigenvalue weighted by Crippen LogP contribution is 2.26. The normalized spacial score (nSPS) is 11.9. The van der Waals surface area contributed by atoms with Crippen molar-refractivity contribution < 1.29 is 41.0 Å². The zero-order valence-corrected chi connectivity index (χ0v) is 19.7. The molecule has 184 valence electrons. The Hall–Kier alpha value is -3.99. The fraction of sp³-hybridized carbons (Fsp3) is 0.167. The van der Waals surface area contributed by atoms with E-state index in [1.165, 1.54) is 57.5 Å². The van der Waals surface area contributed by atoms with Crippen molar-refractivity contribution in [3.63, 3.8) is 0 Å². The van der Waals surface area contributed by atoms with E-state index in [4.69, 9.17) is 14.2 Å². The van der Waals surface area contributed by atoms with Crippen LogP contribution in [0.3, 0.4) is 0 Å². The van der Waals surface area contributed by atoms with Gasteiger partial charge in [-0.05, 0) is 61.5 Å². The highest BCUT2D eigenvalue weighted by atomic mass is 32.2. The van der Waals surface area contributed by atoms with E-state index in [2.05, 4.69) is 4.72 Å². The fourth-order valence-electron chi connectivity index (χ4n) is 3.04. The average Bonchev–Trinajstić information content (AvgIpc) is 2.84. The molecule has 0 bridgehead atoms. The molecule has 0 spiro atoms. The number of anilines is 1. The molecule has 1 atom stereocenters. The lowest BCUT2D eigenvalue weighted by atomic mass is 10.1. The van der Waals surface area contributed by atoms with Gasteiger partial charge in [0.2, 0.25) is 5.78 Å². The van der Waals surface area contributed by atoms with Gasteiger partial charge in [0.1, 0.15) is 11.5 Å². The van der Waals surface area contributed by atoms with E-state index in [1.54, 1.807) is 6.07 Å². The molecule has 0 amide bonds. The summed E-state index contributed by atoms with van der Waals surface area (Å²) in [6, 6.07) is 11.9. The number of methoxy groups -OCH3 is 2. The highest BCUT2D eigenvalue weighted by Gasteiger charge is 2.24. The molecular weight excluding hydrogens is 484 g/mol. The minimum atomic E-state index is -4.20. The van der Waals surface area contributed by atoms with Crippen LogP contribution in [0.5, 0.6) is 11.5 Å². The van der Waals surface area contributed by atoms with E-state index in [1.807, 2.05) is 0 Å². The van der Waals surface area contributed by atoms with Crippen LogP contribution in [-0.2, 0) is 14.8 Å². The summed E-state index contributed by atoms with van der Waals surface area (Å²) in [5, 5.41) is 0. The van der Waals surface area contributed by atoms with Crippen LogP contribution in [0.15, 0.2) is 65.6 Å². The number of ether oxygens (including phenoxy) is 3. The Morgan fingerprint density at radius 1 is 0.886 bits per heavy atom. The number of carbonyl (C=O) groups is 2. The molecule has 0 fully saturated rings. The minimum Gasteiger partial charge on any atom is -0.497 e. The number of hydrogen-bond donors (Lipinski definition) is 1. The van der Waals surface area contributed by atoms with E-state index in [-0.39, 0.29) is 22.6 Å². The number of Topliss-reactive ketones (excluding diaryl/α,β-unsaturated/α-hetero) is 1. The Kier molecular flexibility index (Phi) is 7.70. The molecule has 8 nitrogen and oxygen atoms in total. The molecule has 3 aromatic rings. The van der Waals surface area contributed by atoms with Gasteiger partial charge < -0.3 is 14.2 Å². The van der Waals surface area contributed by atoms with Gasteiger partial charge in [0.25, 0.3) is 10.0 Å². The van der Waals surface area contributed by atoms with Gasteiger partial charge in [-0.3, -0.25) is 9.52 Å². The SMILES string of the molecule is COc1ccc(C(=O)C(C)OC(=O)c2ccc(NS(=O)(=O)c3ccc(F)c(F)c3)cc2)c(OC)c1. The summed E-state index contributed by atoms with van der Waals surface area (Å²) in [5.74, 6) is -3.03. The molecule has 0 aliphatic carbocycles. The largest absolute Gasteiger partial charge is 0.497 e. The number of carbonyl (C=O) groups excluding carboxylic acids is 2. The van der Waals surface area contributed by atoms with Crippen molar-refractivity contribution in [1.82, 2.24) is 0 Å². The number of benzene rings is 3. The second-order valence-corrected chi connectivity index (χ2v) is 8.92. The van der Waals surface area contributed by atoms with Gasteiger partial charge in [0, 0.05) is 11.8 Å². The average molecular weight is 505 g/mol. The summed E-state index contributed by atoms with van der Waals surface area (Å²) in [4.78, 5) is 24.8. The molecule has 0 aromatic heterocycles. The Labute approximate surface area is 200 Å². The molecule has 0 aliphatic heterocycles. The van der Waals surface area contributed by atoms with Crippen molar-refractivity contribution in [2.75, 3.05) is 18.9 Å². The lowest BCUT2D eigenvalue weighted by Gasteiger charge is -2.15. The summed E-state index contributed by atoms with van der Waals surface area (Å²) in [6.45, 7) is 1.41. The van der Waals surface area contributed by atoms with Crippen molar-refractivity contribution in [3.8, 4) is 11.5 Å². The lowest BCUT2D eigenvalue weighted by molar-refractivity contribution is 0.0317. The van der Waals surface area contributed by atoms with Crippen LogP contribution in [0.25, 0.3) is 0 Å². The standard InChI is InChI=1S/C24H21F2NO7S/c1-14(23(28)19-10-8-17(32-2)12-22(19)33-3)34-24(29)15-4-6-16(7-5-15)27-35(30,31)18-9-11-20(25)21(26)13-18/h4-14,27H,1-3H3. The highest BCUT2D eigenvalue weighted by molar-refractivity contribution is 7.92. The maximum absolute atomic E-state index is 13.4. The maximum atomic E-state index is 13.4. The molecule has 3 rings (SSSR count). The molecule has 11 heteroatoms. The van der Waals surface area contributed by atoms with Crippen LogP contribution in [0.2, 0.25) is 0 Å². The summed E-state index contributed by atoms with van der Waals surface area (Å²) in [5.41, 5.74) is 0.330. The van der Waals surface area contributed by atoms with Crippen LogP contribution in [0, 0.1) is 11.6 Å². The van der Waals surface area contributed by atoms with Gasteiger partial charge >= 0.3 is 5.97 Å². The third-order valence-electron chi connectivity index (χ3n) is 4.90. The molecule has 1 N–H and O–H groups in total. The van der Waals surface area contributed by atoms with E-state index in [0.29, 0.717) is 17.9 Å². The lowest BCUT2D eigenvalue weighted by Crippen LogP contribution is -2.25. The number of rotatable bonds is 9. The van der Waals surface area contributed by atoms with Crippen LogP contribution in [0.4, 0.5) is 14.5 Å². The summed E-state index contributed by atoms with van der Waals surface area (Å²) in [7, 11) is -1.33. The van der Waals surface area contributed by atoms with E-state index in [0.717, 1.165) is 6.07 Å². The van der Waals surface area contributed by atoms with Crippen molar-refractivity contribution >= 4 is 27.5 Å². The van der Waals surface area contributed by atoms with E-state index < -0.39 is 44.4 Å². The summed E-state index contributed by atoms with van der Waals surface area (Å²) in [6.07, 6.45) is -1.14. The maximum Gasteiger partial charge on any atom is 0.338 e. The zero-order chi connectivity index (χ0) is 25.8. The van der Waals surface area contributed by atoms with Crippen molar-refractivity contribution in [2.24, 2.45) is 0 Å². The van der Waals surface area contributed by atoms with Crippen LogP contribution in [-0.4, -0.2) is 40.5 Å². The second-order valence-electron chi connectivity index (χ2n) is 7.24. The minimum absolute atomic E-state index is 0.0575. The first kappa shape index (κ1) is 25.6. The number of ketones is 1. The predicted molar refractivity (Wildman–Crippen MR) is 122 cm³/mol. The first-order chi connectivity index (χ1) is 16.6. The van der Waals surface area contributed by atoms with Crippen molar-refractivity contribution in [2.45, 2.75) is 17.9 Å². The third-order valence-corrected chi connectivity index (χ3v) is 6.28. The predicted octanol–water partition coefficient (Wildman–Crippen LogP) is 4.21. The monoisotopic (exact) mass is 505 g/mol. The number of halogens is 2. The number of esters is 1. The molecule has 0 aliphatic rings. The first-order valence-corrected chi connectivity index (χ1v) is 11.6. The van der Waals surface area contributed by atoms with E-state index >= 15 is 0 Å². The molecular formula is C24H21F2NO7S. The number of sulfonamides is 1. The topological polar surface area (TPSA) is 108 Å². The van der Waals surface area contributed by atoms with Gasteiger partial charge in [-0.15, -0.1) is 0 Å². The number of hydrogen-bond acceptors (Lipinski definition) is 7. The molecule has 0 saturated carbocycles. The van der Waals surface area contributed by atoms with Gasteiger partial charge in [-0.25, -0.2) is 22.0 Å². The first-order valence-electron chi connectivity index (χ1n) is 10.1. The smallest absolute Gasteiger partial charge is 0.338 e. The molecule has 0 radical (unpaired) electrons. The van der Waals surface area contributed by atoms with Gasteiger partial charge in [0.15, 0.2) is 17.7 Å². The third kappa shape index (κ3) is 5.93. The molecule has 0 heterocycles. The van der Waals surface area contributed by atoms with Crippen molar-refractivity contribution in [1.29, 1.82) is 0 Å². The Bertz CT molecular complexity index is 1360. The zero-order valence-electron chi connectivity index (χ0n) is 18.9. The van der Waals surface area contributed by atoms with Crippen LogP contribution in [0.1, 0.15) is 27.6 Å². The van der Waals surface area contributed by atoms with Gasteiger partial charge in [-0.1, -0.05) is 0 Å². The quantitative estimate of drug-likeness (QED) is 0.343. The molecule has 3 aromatic carbocycles. The Morgan fingerprint density at radius 3 is 2.17 bits per heavy atom. The van der Waals surface area contributed by atoms with Gasteiger partial charge in [-0.2, -0.15) is 0 Å². The van der Waals surface area contributed by atoms with Crippen molar-refractivity contribution in [3.05, 3.63) is 83.4 Å².